The highest BCUT2D eigenvalue weighted by Crippen LogP contribution is 2.25. The van der Waals surface area contributed by atoms with Gasteiger partial charge >= 0.3 is 0 Å². The molecule has 21 heavy (non-hydrogen) atoms. The van der Waals surface area contributed by atoms with Gasteiger partial charge in [0.25, 0.3) is 15.7 Å². The summed E-state index contributed by atoms with van der Waals surface area (Å²) in [4.78, 5) is 11.0. The number of hydrogen-bond donors (Lipinski definition) is 2. The van der Waals surface area contributed by atoms with Crippen molar-refractivity contribution in [2.24, 2.45) is 5.73 Å². The molecule has 0 saturated carbocycles. The van der Waals surface area contributed by atoms with E-state index in [4.69, 9.17) is 5.73 Å². The Balaban J connectivity index is 2.24. The summed E-state index contributed by atoms with van der Waals surface area (Å²) in [6, 6.07) is 8.55. The van der Waals surface area contributed by atoms with Crippen LogP contribution in [0.1, 0.15) is 4.88 Å². The van der Waals surface area contributed by atoms with Crippen LogP contribution in [0.3, 0.4) is 0 Å². The minimum Gasteiger partial charge on any atom is -0.330 e. The molecule has 0 bridgehead atoms. The second kappa shape index (κ2) is 6.20. The third kappa shape index (κ3) is 3.78. The van der Waals surface area contributed by atoms with E-state index in [1.165, 1.54) is 30.3 Å². The van der Waals surface area contributed by atoms with Gasteiger partial charge in [-0.2, -0.15) is 0 Å². The van der Waals surface area contributed by atoms with E-state index in [0.29, 0.717) is 13.0 Å². The van der Waals surface area contributed by atoms with Gasteiger partial charge in [-0.3, -0.25) is 14.8 Å². The summed E-state index contributed by atoms with van der Waals surface area (Å²) >= 11 is 1.13. The third-order valence-electron chi connectivity index (χ3n) is 2.60. The van der Waals surface area contributed by atoms with E-state index in [0.717, 1.165) is 16.2 Å². The van der Waals surface area contributed by atoms with Gasteiger partial charge in [0.05, 0.1) is 10.6 Å². The zero-order valence-electron chi connectivity index (χ0n) is 10.9. The van der Waals surface area contributed by atoms with Crippen LogP contribution in [0.15, 0.2) is 40.6 Å². The molecule has 0 spiro atoms. The molecular formula is C12H13N3O4S2. The number of nitro benzene ring substituents is 1. The fraction of sp³-hybridized carbons (Fsp3) is 0.167. The molecule has 2 aromatic rings. The summed E-state index contributed by atoms with van der Waals surface area (Å²) in [5.74, 6) is 0. The molecule has 9 heteroatoms. The van der Waals surface area contributed by atoms with E-state index in [1.54, 1.807) is 6.07 Å². The van der Waals surface area contributed by atoms with Crippen LogP contribution in [0.4, 0.5) is 11.4 Å². The van der Waals surface area contributed by atoms with Crippen molar-refractivity contribution in [2.75, 3.05) is 11.3 Å². The maximum absolute atomic E-state index is 12.2. The van der Waals surface area contributed by atoms with Gasteiger partial charge in [0.1, 0.15) is 4.21 Å². The minimum absolute atomic E-state index is 0.150. The number of hydrogen-bond acceptors (Lipinski definition) is 6. The quantitative estimate of drug-likeness (QED) is 0.621. The number of nitrogens with zero attached hydrogens (tertiary/aromatic N) is 1. The van der Waals surface area contributed by atoms with Crippen molar-refractivity contribution in [1.29, 1.82) is 0 Å². The highest BCUT2D eigenvalue weighted by molar-refractivity contribution is 7.94. The Morgan fingerprint density at radius 1 is 1.29 bits per heavy atom. The van der Waals surface area contributed by atoms with Crippen molar-refractivity contribution in [3.63, 3.8) is 0 Å². The Bertz CT molecular complexity index is 755. The van der Waals surface area contributed by atoms with Gasteiger partial charge < -0.3 is 5.73 Å². The largest absolute Gasteiger partial charge is 0.330 e. The van der Waals surface area contributed by atoms with Crippen molar-refractivity contribution in [2.45, 2.75) is 10.6 Å². The number of nitro groups is 1. The molecule has 1 aromatic carbocycles. The van der Waals surface area contributed by atoms with Crippen LogP contribution in [0.2, 0.25) is 0 Å². The lowest BCUT2D eigenvalue weighted by Crippen LogP contribution is -2.11. The Morgan fingerprint density at radius 3 is 2.71 bits per heavy atom. The Kier molecular flexibility index (Phi) is 4.56. The van der Waals surface area contributed by atoms with Crippen molar-refractivity contribution >= 4 is 32.7 Å². The molecule has 3 N–H and O–H groups in total. The fourth-order valence-electron chi connectivity index (χ4n) is 1.67. The maximum atomic E-state index is 12.2. The van der Waals surface area contributed by atoms with E-state index in [-0.39, 0.29) is 15.6 Å². The second-order valence-corrected chi connectivity index (χ2v) is 7.25. The number of nitrogens with one attached hydrogen (secondary N) is 1. The van der Waals surface area contributed by atoms with E-state index in [9.17, 15) is 18.5 Å². The Hall–Kier alpha value is -1.97. The van der Waals surface area contributed by atoms with Gasteiger partial charge in [0.2, 0.25) is 0 Å². The topological polar surface area (TPSA) is 115 Å². The molecule has 0 aliphatic carbocycles. The molecule has 0 saturated heterocycles. The van der Waals surface area contributed by atoms with E-state index in [1.807, 2.05) is 0 Å². The minimum atomic E-state index is -3.75. The van der Waals surface area contributed by atoms with Crippen molar-refractivity contribution < 1.29 is 13.3 Å². The van der Waals surface area contributed by atoms with Gasteiger partial charge in [-0.05, 0) is 31.2 Å². The van der Waals surface area contributed by atoms with Gasteiger partial charge in [0.15, 0.2) is 0 Å². The highest BCUT2D eigenvalue weighted by atomic mass is 32.2. The SMILES string of the molecule is NCCc1ccc(S(=O)(=O)Nc2cccc([N+](=O)[O-])c2)s1. The molecule has 2 rings (SSSR count). The molecule has 0 unspecified atom stereocenters. The predicted octanol–water partition coefficient (Wildman–Crippen LogP) is 1.96. The lowest BCUT2D eigenvalue weighted by molar-refractivity contribution is -0.384. The standard InChI is InChI=1S/C12H13N3O4S2/c13-7-6-11-4-5-12(20-11)21(18,19)14-9-2-1-3-10(8-9)15(16)17/h1-5,8,14H,6-7,13H2. The van der Waals surface area contributed by atoms with E-state index < -0.39 is 14.9 Å². The van der Waals surface area contributed by atoms with Crippen LogP contribution in [0.5, 0.6) is 0 Å². The van der Waals surface area contributed by atoms with Gasteiger partial charge in [-0.25, -0.2) is 8.42 Å². The number of anilines is 1. The lowest BCUT2D eigenvalue weighted by Gasteiger charge is -2.05. The number of rotatable bonds is 6. The summed E-state index contributed by atoms with van der Waals surface area (Å²) < 4.78 is 26.9. The number of thiophene rings is 1. The number of non-ortho nitro benzene ring substituents is 1. The Labute approximate surface area is 125 Å². The molecule has 7 nitrogen and oxygen atoms in total. The van der Waals surface area contributed by atoms with Crippen LogP contribution in [0, 0.1) is 10.1 Å². The number of sulfonamides is 1. The normalized spacial score (nSPS) is 11.3. The summed E-state index contributed by atoms with van der Waals surface area (Å²) in [5, 5.41) is 10.7. The van der Waals surface area contributed by atoms with E-state index in [2.05, 4.69) is 4.72 Å². The average Bonchev–Trinajstić information content (AvgIpc) is 2.88. The van der Waals surface area contributed by atoms with Crippen LogP contribution in [0.25, 0.3) is 0 Å². The third-order valence-corrected chi connectivity index (χ3v) is 5.62. The summed E-state index contributed by atoms with van der Waals surface area (Å²) in [6.07, 6.45) is 0.608. The van der Waals surface area contributed by atoms with E-state index >= 15 is 0 Å². The molecule has 0 aliphatic rings. The summed E-state index contributed by atoms with van der Waals surface area (Å²) in [6.45, 7) is 0.443. The first kappa shape index (κ1) is 15.4. The molecule has 1 heterocycles. The van der Waals surface area contributed by atoms with Crippen LogP contribution >= 0.6 is 11.3 Å². The first-order valence-electron chi connectivity index (χ1n) is 5.98. The summed E-state index contributed by atoms with van der Waals surface area (Å²) in [5.41, 5.74) is 5.40. The number of nitrogens with two attached hydrogens (primary N) is 1. The first-order valence-corrected chi connectivity index (χ1v) is 8.28. The number of benzene rings is 1. The summed E-state index contributed by atoms with van der Waals surface area (Å²) in [7, 11) is -3.75. The molecule has 0 aliphatic heterocycles. The van der Waals surface area contributed by atoms with Crippen molar-refractivity contribution in [3.05, 3.63) is 51.4 Å². The zero-order chi connectivity index (χ0) is 15.5. The lowest BCUT2D eigenvalue weighted by atomic mass is 10.3. The Morgan fingerprint density at radius 2 is 2.05 bits per heavy atom. The van der Waals surface area contributed by atoms with Gasteiger partial charge in [-0.15, -0.1) is 11.3 Å². The highest BCUT2D eigenvalue weighted by Gasteiger charge is 2.18. The van der Waals surface area contributed by atoms with Crippen LogP contribution in [-0.4, -0.2) is 19.9 Å². The smallest absolute Gasteiger partial charge is 0.271 e. The van der Waals surface area contributed by atoms with Crippen LogP contribution in [-0.2, 0) is 16.4 Å². The van der Waals surface area contributed by atoms with Gasteiger partial charge in [0, 0.05) is 17.0 Å². The molecule has 0 fully saturated rings. The monoisotopic (exact) mass is 327 g/mol. The maximum Gasteiger partial charge on any atom is 0.271 e. The average molecular weight is 327 g/mol. The second-order valence-electron chi connectivity index (χ2n) is 4.17. The fourth-order valence-corrected chi connectivity index (χ4v) is 4.09. The molecular weight excluding hydrogens is 314 g/mol. The molecule has 0 amide bonds. The van der Waals surface area contributed by atoms with Crippen LogP contribution < -0.4 is 10.5 Å². The first-order chi connectivity index (χ1) is 9.92. The zero-order valence-corrected chi connectivity index (χ0v) is 12.5. The van der Waals surface area contributed by atoms with Gasteiger partial charge in [-0.1, -0.05) is 6.07 Å². The predicted molar refractivity (Wildman–Crippen MR) is 81.0 cm³/mol. The molecule has 112 valence electrons. The van der Waals surface area contributed by atoms with Crippen molar-refractivity contribution in [1.82, 2.24) is 0 Å². The molecule has 0 radical (unpaired) electrons. The van der Waals surface area contributed by atoms with Crippen molar-refractivity contribution in [3.8, 4) is 0 Å². The molecule has 1 aromatic heterocycles. The molecule has 0 atom stereocenters.